The van der Waals surface area contributed by atoms with Gasteiger partial charge in [-0.3, -0.25) is 0 Å². The van der Waals surface area contributed by atoms with Crippen molar-refractivity contribution < 1.29 is 2.74 Å². The van der Waals surface area contributed by atoms with Gasteiger partial charge in [0.05, 0.1) is 0 Å². The van der Waals surface area contributed by atoms with Gasteiger partial charge in [0.1, 0.15) is 0 Å². The second kappa shape index (κ2) is 4.49. The topological polar surface area (TPSA) is 0 Å². The molecular formula is C26H22. The van der Waals surface area contributed by atoms with Crippen LogP contribution in [-0.4, -0.2) is 0 Å². The molecular weight excluding hydrogens is 312 g/mol. The molecule has 1 unspecified atom stereocenters. The maximum absolute atomic E-state index is 10.2. The number of benzene rings is 3. The standard InChI is InChI=1S/C26H22/c1-3-10-18-16(8-1)22-14-7-15-23-17-9-2-4-11-19(17)25-21-13-6-5-12-20(21)24(18)26(22,23)25/h1-6,8-13,22-25H,7,14-15H2/t22-,23+,24-,25+,26?/i24D,25D. The van der Waals surface area contributed by atoms with E-state index in [1.54, 1.807) is 0 Å². The minimum atomic E-state index is -0.850. The highest BCUT2D eigenvalue weighted by atomic mass is 14.7. The van der Waals surface area contributed by atoms with Crippen molar-refractivity contribution >= 4 is 0 Å². The predicted molar refractivity (Wildman–Crippen MR) is 105 cm³/mol. The summed E-state index contributed by atoms with van der Waals surface area (Å²) in [7, 11) is 0. The van der Waals surface area contributed by atoms with Crippen molar-refractivity contribution in [3.63, 3.8) is 0 Å². The number of fused-ring (bicyclic) bond motifs is 9. The summed E-state index contributed by atoms with van der Waals surface area (Å²) in [6.45, 7) is 0. The van der Waals surface area contributed by atoms with Crippen LogP contribution in [0.25, 0.3) is 0 Å². The normalized spacial score (nSPS) is 41.4. The van der Waals surface area contributed by atoms with Crippen molar-refractivity contribution in [3.8, 4) is 0 Å². The van der Waals surface area contributed by atoms with Crippen LogP contribution in [-0.2, 0) is 0 Å². The van der Waals surface area contributed by atoms with Gasteiger partial charge < -0.3 is 0 Å². The Morgan fingerprint density at radius 3 is 1.35 bits per heavy atom. The zero-order valence-corrected chi connectivity index (χ0v) is 14.7. The monoisotopic (exact) mass is 336 g/mol. The summed E-state index contributed by atoms with van der Waals surface area (Å²) in [4.78, 5) is 0. The van der Waals surface area contributed by atoms with E-state index in [1.807, 2.05) is 0 Å². The van der Waals surface area contributed by atoms with Gasteiger partial charge in [0, 0.05) is 19.9 Å². The fourth-order valence-electron chi connectivity index (χ4n) is 7.01. The van der Waals surface area contributed by atoms with Gasteiger partial charge in [-0.2, -0.15) is 0 Å². The number of hydrogen-bond acceptors (Lipinski definition) is 0. The molecule has 7 rings (SSSR count). The Morgan fingerprint density at radius 1 is 0.577 bits per heavy atom. The van der Waals surface area contributed by atoms with Crippen molar-refractivity contribution in [1.82, 2.24) is 0 Å². The first-order valence-electron chi connectivity index (χ1n) is 11.0. The Morgan fingerprint density at radius 2 is 0.923 bits per heavy atom. The molecule has 1 fully saturated rings. The lowest BCUT2D eigenvalue weighted by Crippen LogP contribution is -2.37. The van der Waals surface area contributed by atoms with Gasteiger partial charge >= 0.3 is 0 Å². The minimum absolute atomic E-state index is 0.275. The maximum atomic E-state index is 10.2. The van der Waals surface area contributed by atoms with Crippen molar-refractivity contribution in [2.45, 2.75) is 42.9 Å². The van der Waals surface area contributed by atoms with Crippen LogP contribution in [0.4, 0.5) is 0 Å². The molecule has 26 heavy (non-hydrogen) atoms. The van der Waals surface area contributed by atoms with Crippen molar-refractivity contribution in [2.24, 2.45) is 5.41 Å². The predicted octanol–water partition coefficient (Wildman–Crippen LogP) is 6.33. The Labute approximate surface area is 157 Å². The largest absolute Gasteiger partial charge is 0.0620 e. The summed E-state index contributed by atoms with van der Waals surface area (Å²) >= 11 is 0. The molecule has 0 amide bonds. The van der Waals surface area contributed by atoms with E-state index in [9.17, 15) is 2.74 Å². The van der Waals surface area contributed by atoms with E-state index >= 15 is 0 Å². The van der Waals surface area contributed by atoms with E-state index in [4.69, 9.17) is 0 Å². The Hall–Kier alpha value is -2.34. The second-order valence-corrected chi connectivity index (χ2v) is 8.38. The van der Waals surface area contributed by atoms with Crippen LogP contribution >= 0.6 is 0 Å². The zero-order chi connectivity index (χ0) is 18.7. The molecule has 4 aliphatic carbocycles. The molecule has 126 valence electrons. The molecule has 0 radical (unpaired) electrons. The second-order valence-electron chi connectivity index (χ2n) is 8.38. The molecule has 1 saturated carbocycles. The summed E-state index contributed by atoms with van der Waals surface area (Å²) in [6, 6.07) is 25.7. The van der Waals surface area contributed by atoms with Crippen LogP contribution in [0, 0.1) is 5.41 Å². The van der Waals surface area contributed by atoms with Crippen molar-refractivity contribution in [3.05, 3.63) is 106 Å². The lowest BCUT2D eigenvalue weighted by molar-refractivity contribution is 0.125. The Kier molecular flexibility index (Phi) is 2.09. The van der Waals surface area contributed by atoms with Gasteiger partial charge in [-0.15, -0.1) is 0 Å². The van der Waals surface area contributed by atoms with Crippen LogP contribution in [0.2, 0.25) is 0 Å². The fraction of sp³-hybridized carbons (Fsp3) is 0.308. The molecule has 5 atom stereocenters. The Balaban J connectivity index is 1.72. The van der Waals surface area contributed by atoms with Crippen molar-refractivity contribution in [1.29, 1.82) is 0 Å². The summed E-state index contributed by atoms with van der Waals surface area (Å²) in [5.41, 5.74) is 6.68. The smallest absolute Gasteiger partial charge is 0.0409 e. The first-order valence-corrected chi connectivity index (χ1v) is 9.95. The highest BCUT2D eigenvalue weighted by Gasteiger charge is 2.69. The van der Waals surface area contributed by atoms with E-state index in [0.717, 1.165) is 35.1 Å². The molecule has 0 heteroatoms. The lowest BCUT2D eigenvalue weighted by Gasteiger charge is -2.46. The molecule has 0 saturated heterocycles. The molecule has 0 aliphatic heterocycles. The maximum Gasteiger partial charge on any atom is 0.0409 e. The van der Waals surface area contributed by atoms with Crippen LogP contribution in [0.15, 0.2) is 72.8 Å². The number of rotatable bonds is 0. The molecule has 0 aromatic heterocycles. The Bertz CT molecular complexity index is 1070. The first kappa shape index (κ1) is 12.1. The van der Waals surface area contributed by atoms with E-state index in [1.165, 1.54) is 17.5 Å². The van der Waals surface area contributed by atoms with Crippen LogP contribution < -0.4 is 0 Å². The highest BCUT2D eigenvalue weighted by molar-refractivity contribution is 5.66. The quantitative estimate of drug-likeness (QED) is 0.450. The van der Waals surface area contributed by atoms with Gasteiger partial charge in [0.2, 0.25) is 0 Å². The van der Waals surface area contributed by atoms with Crippen LogP contribution in [0.5, 0.6) is 0 Å². The summed E-state index contributed by atoms with van der Waals surface area (Å²) in [5, 5.41) is 0. The average Bonchev–Trinajstić information content (AvgIpc) is 3.21. The van der Waals surface area contributed by atoms with E-state index in [0.29, 0.717) is 0 Å². The van der Waals surface area contributed by atoms with Gasteiger partial charge in [0.25, 0.3) is 0 Å². The van der Waals surface area contributed by atoms with Gasteiger partial charge in [0.15, 0.2) is 0 Å². The molecule has 1 spiro atoms. The molecule has 0 N–H and O–H groups in total. The molecule has 0 nitrogen and oxygen atoms in total. The molecule has 3 aromatic rings. The summed E-state index contributed by atoms with van der Waals surface area (Å²) in [5.74, 6) is -1.15. The summed E-state index contributed by atoms with van der Waals surface area (Å²) in [6.07, 6.45) is 3.37. The lowest BCUT2D eigenvalue weighted by atomic mass is 9.56. The van der Waals surface area contributed by atoms with E-state index in [-0.39, 0.29) is 11.8 Å². The zero-order valence-electron chi connectivity index (χ0n) is 16.7. The number of hydrogen-bond donors (Lipinski definition) is 0. The van der Waals surface area contributed by atoms with Gasteiger partial charge in [-0.25, -0.2) is 0 Å². The first-order chi connectivity index (χ1) is 13.7. The van der Waals surface area contributed by atoms with Crippen molar-refractivity contribution in [2.75, 3.05) is 0 Å². The van der Waals surface area contributed by atoms with E-state index in [2.05, 4.69) is 72.8 Å². The summed E-state index contributed by atoms with van der Waals surface area (Å²) < 4.78 is 20.3. The third-order valence-electron chi connectivity index (χ3n) is 7.59. The fourth-order valence-corrected chi connectivity index (χ4v) is 7.01. The molecule has 4 aliphatic rings. The van der Waals surface area contributed by atoms with E-state index < -0.39 is 17.2 Å². The molecule has 0 heterocycles. The van der Waals surface area contributed by atoms with Gasteiger partial charge in [-0.05, 0) is 58.1 Å². The third kappa shape index (κ3) is 1.29. The minimum Gasteiger partial charge on any atom is -0.0620 e. The molecule has 3 aromatic carbocycles. The van der Waals surface area contributed by atoms with Crippen LogP contribution in [0.1, 0.15) is 79.0 Å². The average molecular weight is 336 g/mol. The third-order valence-corrected chi connectivity index (χ3v) is 7.59. The SMILES string of the molecule is [2H][C@]12c3ccccc3[C@@H]3CCC[C@@H]4c5ccccc5[C@]([2H])(c5ccccc51)C432. The van der Waals surface area contributed by atoms with Crippen LogP contribution in [0.3, 0.4) is 0 Å². The highest BCUT2D eigenvalue weighted by Crippen LogP contribution is 2.80. The molecule has 0 bridgehead atoms. The van der Waals surface area contributed by atoms with Gasteiger partial charge in [-0.1, -0.05) is 79.2 Å².